The second-order valence-electron chi connectivity index (χ2n) is 6.12. The lowest BCUT2D eigenvalue weighted by Crippen LogP contribution is -2.26. The number of halogens is 1. The second-order valence-corrected chi connectivity index (χ2v) is 7.89. The maximum absolute atomic E-state index is 14.3. The molecule has 8 heteroatoms. The van der Waals surface area contributed by atoms with Gasteiger partial charge in [0.2, 0.25) is 10.0 Å². The summed E-state index contributed by atoms with van der Waals surface area (Å²) in [4.78, 5) is -0.0721. The number of hydrogen-bond acceptors (Lipinski definition) is 4. The number of aryl methyl sites for hydroxylation is 1. The van der Waals surface area contributed by atoms with Crippen molar-refractivity contribution >= 4 is 10.0 Å². The van der Waals surface area contributed by atoms with Crippen LogP contribution in [0, 0.1) is 18.7 Å². The Kier molecular flexibility index (Phi) is 4.98. The molecule has 3 rings (SSSR count). The highest BCUT2D eigenvalue weighted by atomic mass is 32.2. The van der Waals surface area contributed by atoms with Gasteiger partial charge in [0.05, 0.1) is 11.1 Å². The van der Waals surface area contributed by atoms with E-state index in [1.165, 1.54) is 16.8 Å². The first-order valence-electron chi connectivity index (χ1n) is 7.97. The molecule has 130 valence electrons. The fourth-order valence-electron chi connectivity index (χ4n) is 2.83. The van der Waals surface area contributed by atoms with E-state index in [0.29, 0.717) is 12.5 Å². The molecule has 1 aromatic carbocycles. The van der Waals surface area contributed by atoms with Crippen LogP contribution in [0.1, 0.15) is 18.4 Å². The Morgan fingerprint density at radius 3 is 2.92 bits per heavy atom. The van der Waals surface area contributed by atoms with Crippen molar-refractivity contribution in [3.8, 4) is 5.69 Å². The minimum absolute atomic E-state index is 0.0721. The van der Waals surface area contributed by atoms with Crippen LogP contribution in [0.3, 0.4) is 0 Å². The summed E-state index contributed by atoms with van der Waals surface area (Å²) in [6.45, 7) is 4.12. The molecule has 1 unspecified atom stereocenters. The molecule has 1 atom stereocenters. The van der Waals surface area contributed by atoms with Gasteiger partial charge in [-0.05, 0) is 62.5 Å². The Bertz CT molecular complexity index is 813. The third-order valence-corrected chi connectivity index (χ3v) is 5.65. The van der Waals surface area contributed by atoms with Gasteiger partial charge in [-0.3, -0.25) is 0 Å². The van der Waals surface area contributed by atoms with E-state index in [9.17, 15) is 12.8 Å². The first-order valence-corrected chi connectivity index (χ1v) is 9.45. The zero-order valence-electron chi connectivity index (χ0n) is 13.5. The van der Waals surface area contributed by atoms with Crippen LogP contribution in [0.4, 0.5) is 4.39 Å². The molecule has 1 fully saturated rings. The smallest absolute Gasteiger partial charge is 0.240 e. The van der Waals surface area contributed by atoms with Gasteiger partial charge in [0.1, 0.15) is 11.5 Å². The van der Waals surface area contributed by atoms with Gasteiger partial charge in [0, 0.05) is 12.7 Å². The van der Waals surface area contributed by atoms with E-state index >= 15 is 0 Å². The van der Waals surface area contributed by atoms with Gasteiger partial charge in [0.25, 0.3) is 0 Å². The largest absolute Gasteiger partial charge is 0.316 e. The number of nitrogens with zero attached hydrogens (tertiary/aromatic N) is 2. The average Bonchev–Trinajstić information content (AvgIpc) is 3.19. The van der Waals surface area contributed by atoms with Crippen molar-refractivity contribution in [3.63, 3.8) is 0 Å². The van der Waals surface area contributed by atoms with Crippen LogP contribution < -0.4 is 10.0 Å². The zero-order chi connectivity index (χ0) is 17.2. The summed E-state index contributed by atoms with van der Waals surface area (Å²) < 4.78 is 42.8. The predicted octanol–water partition coefficient (Wildman–Crippen LogP) is 1.60. The van der Waals surface area contributed by atoms with Crippen LogP contribution in [0.15, 0.2) is 35.5 Å². The Balaban J connectivity index is 1.70. The normalized spacial score (nSPS) is 18.2. The Hall–Kier alpha value is -1.77. The van der Waals surface area contributed by atoms with Crippen molar-refractivity contribution in [1.82, 2.24) is 19.8 Å². The van der Waals surface area contributed by atoms with Crippen LogP contribution in [0.25, 0.3) is 5.69 Å². The fraction of sp³-hybridized carbons (Fsp3) is 0.438. The first kappa shape index (κ1) is 17.1. The molecular weight excluding hydrogens is 331 g/mol. The molecule has 1 aromatic heterocycles. The van der Waals surface area contributed by atoms with Gasteiger partial charge < -0.3 is 5.32 Å². The summed E-state index contributed by atoms with van der Waals surface area (Å²) >= 11 is 0. The van der Waals surface area contributed by atoms with E-state index in [1.54, 1.807) is 12.4 Å². The summed E-state index contributed by atoms with van der Waals surface area (Å²) in [5.41, 5.74) is 1.12. The third kappa shape index (κ3) is 3.82. The maximum atomic E-state index is 14.3. The first-order chi connectivity index (χ1) is 11.5. The Morgan fingerprint density at radius 2 is 2.29 bits per heavy atom. The minimum atomic E-state index is -3.71. The van der Waals surface area contributed by atoms with Crippen LogP contribution in [-0.2, 0) is 10.0 Å². The molecule has 0 saturated carbocycles. The quantitative estimate of drug-likeness (QED) is 0.828. The standard InChI is InChI=1S/C16H21FN4O2S/c1-12-9-19-21(11-12)16-3-2-14(8-15(16)17)24(22,23)20-7-5-13-4-6-18-10-13/h2-3,8-9,11,13,18,20H,4-7,10H2,1H3. The van der Waals surface area contributed by atoms with Crippen LogP contribution in [-0.4, -0.2) is 37.8 Å². The lowest BCUT2D eigenvalue weighted by Gasteiger charge is -2.11. The molecule has 2 aromatic rings. The van der Waals surface area contributed by atoms with Crippen molar-refractivity contribution in [3.05, 3.63) is 42.0 Å². The zero-order valence-corrected chi connectivity index (χ0v) is 14.3. The summed E-state index contributed by atoms with van der Waals surface area (Å²) in [7, 11) is -3.71. The monoisotopic (exact) mass is 352 g/mol. The van der Waals surface area contributed by atoms with Crippen molar-refractivity contribution < 1.29 is 12.8 Å². The van der Waals surface area contributed by atoms with Crippen molar-refractivity contribution in [2.75, 3.05) is 19.6 Å². The maximum Gasteiger partial charge on any atom is 0.240 e. The summed E-state index contributed by atoms with van der Waals surface area (Å²) in [5.74, 6) is -0.129. The molecular formula is C16H21FN4O2S. The lowest BCUT2D eigenvalue weighted by atomic mass is 10.1. The molecule has 0 bridgehead atoms. The van der Waals surface area contributed by atoms with Gasteiger partial charge in [-0.2, -0.15) is 5.10 Å². The van der Waals surface area contributed by atoms with E-state index in [0.717, 1.165) is 37.6 Å². The second kappa shape index (κ2) is 7.00. The molecule has 1 aliphatic rings. The Labute approximate surface area is 141 Å². The number of sulfonamides is 1. The average molecular weight is 352 g/mol. The minimum Gasteiger partial charge on any atom is -0.316 e. The predicted molar refractivity (Wildman–Crippen MR) is 89.0 cm³/mol. The summed E-state index contributed by atoms with van der Waals surface area (Å²) in [6, 6.07) is 3.86. The van der Waals surface area contributed by atoms with E-state index in [2.05, 4.69) is 15.1 Å². The Morgan fingerprint density at radius 1 is 1.46 bits per heavy atom. The van der Waals surface area contributed by atoms with Crippen LogP contribution >= 0.6 is 0 Å². The number of benzene rings is 1. The number of aromatic nitrogens is 2. The lowest BCUT2D eigenvalue weighted by molar-refractivity contribution is 0.519. The number of nitrogens with one attached hydrogen (secondary N) is 2. The fourth-order valence-corrected chi connectivity index (χ4v) is 3.89. The van der Waals surface area contributed by atoms with Gasteiger partial charge >= 0.3 is 0 Å². The van der Waals surface area contributed by atoms with Gasteiger partial charge in [-0.15, -0.1) is 0 Å². The van der Waals surface area contributed by atoms with Gasteiger partial charge in [-0.25, -0.2) is 22.2 Å². The van der Waals surface area contributed by atoms with Gasteiger partial charge in [-0.1, -0.05) is 0 Å². The third-order valence-electron chi connectivity index (χ3n) is 4.20. The molecule has 2 N–H and O–H groups in total. The highest BCUT2D eigenvalue weighted by molar-refractivity contribution is 7.89. The number of hydrogen-bond donors (Lipinski definition) is 2. The number of rotatable bonds is 6. The van der Waals surface area contributed by atoms with E-state index in [4.69, 9.17) is 0 Å². The van der Waals surface area contributed by atoms with Crippen LogP contribution in [0.5, 0.6) is 0 Å². The summed E-state index contributed by atoms with van der Waals surface area (Å²) in [5, 5.41) is 7.29. The molecule has 24 heavy (non-hydrogen) atoms. The van der Waals surface area contributed by atoms with Crippen molar-refractivity contribution in [1.29, 1.82) is 0 Å². The van der Waals surface area contributed by atoms with E-state index in [-0.39, 0.29) is 10.6 Å². The molecule has 0 spiro atoms. The molecule has 1 saturated heterocycles. The molecule has 0 radical (unpaired) electrons. The van der Waals surface area contributed by atoms with E-state index in [1.807, 2.05) is 6.92 Å². The molecule has 6 nitrogen and oxygen atoms in total. The molecule has 1 aliphatic heterocycles. The summed E-state index contributed by atoms with van der Waals surface area (Å²) in [6.07, 6.45) is 5.14. The highest BCUT2D eigenvalue weighted by Crippen LogP contribution is 2.19. The molecule has 0 amide bonds. The van der Waals surface area contributed by atoms with E-state index < -0.39 is 15.8 Å². The van der Waals surface area contributed by atoms with Gasteiger partial charge in [0.15, 0.2) is 0 Å². The topological polar surface area (TPSA) is 76.0 Å². The van der Waals surface area contributed by atoms with Crippen molar-refractivity contribution in [2.24, 2.45) is 5.92 Å². The highest BCUT2D eigenvalue weighted by Gasteiger charge is 2.19. The molecule has 0 aliphatic carbocycles. The van der Waals surface area contributed by atoms with Crippen LogP contribution in [0.2, 0.25) is 0 Å². The molecule has 2 heterocycles. The van der Waals surface area contributed by atoms with Crippen molar-refractivity contribution in [2.45, 2.75) is 24.7 Å². The SMILES string of the molecule is Cc1cnn(-c2ccc(S(=O)(=O)NCCC3CCNC3)cc2F)c1.